The maximum absolute atomic E-state index is 13.3. The van der Waals surface area contributed by atoms with Crippen LogP contribution in [-0.2, 0) is 14.8 Å². The van der Waals surface area contributed by atoms with E-state index < -0.39 is 27.5 Å². The molecule has 216 valence electrons. The SMILES string of the molecule is C.COCCNC(=O)c1ccc(Oc2cccc(-c3ccc(OC)cc3)c2)c(S(=O)(=O)NC(=O)NC(C)(C)C)c1. The largest absolute Gasteiger partial charge is 0.497 e. The molecule has 0 spiro atoms. The van der Waals surface area contributed by atoms with Crippen LogP contribution in [-0.4, -0.2) is 53.3 Å². The maximum atomic E-state index is 13.3. The van der Waals surface area contributed by atoms with Crippen molar-refractivity contribution in [3.63, 3.8) is 0 Å². The topological polar surface area (TPSA) is 132 Å². The van der Waals surface area contributed by atoms with Crippen molar-refractivity contribution in [1.29, 1.82) is 0 Å². The number of hydrogen-bond acceptors (Lipinski definition) is 7. The summed E-state index contributed by atoms with van der Waals surface area (Å²) >= 11 is 0. The Morgan fingerprint density at radius 1 is 0.875 bits per heavy atom. The molecule has 0 atom stereocenters. The number of hydrogen-bond donors (Lipinski definition) is 3. The van der Waals surface area contributed by atoms with Gasteiger partial charge in [-0.15, -0.1) is 0 Å². The van der Waals surface area contributed by atoms with Crippen molar-refractivity contribution in [2.45, 2.75) is 38.6 Å². The molecule has 11 heteroatoms. The average Bonchev–Trinajstić information content (AvgIpc) is 2.87. The first-order valence-corrected chi connectivity index (χ1v) is 13.6. The van der Waals surface area contributed by atoms with Crippen LogP contribution in [0.2, 0.25) is 0 Å². The number of urea groups is 1. The zero-order valence-electron chi connectivity index (χ0n) is 22.5. The van der Waals surface area contributed by atoms with Crippen molar-refractivity contribution in [3.8, 4) is 28.4 Å². The van der Waals surface area contributed by atoms with Crippen LogP contribution in [0.4, 0.5) is 4.79 Å². The molecule has 10 nitrogen and oxygen atoms in total. The quantitative estimate of drug-likeness (QED) is 0.293. The van der Waals surface area contributed by atoms with Gasteiger partial charge in [-0.05, 0) is 74.4 Å². The number of nitrogens with one attached hydrogen (secondary N) is 3. The van der Waals surface area contributed by atoms with Gasteiger partial charge in [0.05, 0.1) is 13.7 Å². The molecule has 0 saturated heterocycles. The molecule has 40 heavy (non-hydrogen) atoms. The summed E-state index contributed by atoms with van der Waals surface area (Å²) in [5, 5.41) is 5.19. The fourth-order valence-corrected chi connectivity index (χ4v) is 4.57. The van der Waals surface area contributed by atoms with Gasteiger partial charge < -0.3 is 24.8 Å². The number of benzene rings is 3. The van der Waals surface area contributed by atoms with Crippen LogP contribution in [0.1, 0.15) is 38.6 Å². The van der Waals surface area contributed by atoms with E-state index >= 15 is 0 Å². The van der Waals surface area contributed by atoms with E-state index in [-0.39, 0.29) is 36.8 Å². The zero-order valence-corrected chi connectivity index (χ0v) is 23.3. The number of methoxy groups -OCH3 is 2. The lowest BCUT2D eigenvalue weighted by Gasteiger charge is -2.21. The van der Waals surface area contributed by atoms with Gasteiger partial charge in [0.1, 0.15) is 22.1 Å². The molecule has 3 aromatic rings. The van der Waals surface area contributed by atoms with Gasteiger partial charge in [0.25, 0.3) is 15.9 Å². The van der Waals surface area contributed by atoms with E-state index in [1.165, 1.54) is 19.2 Å². The second-order valence-corrected chi connectivity index (χ2v) is 11.2. The molecule has 3 aromatic carbocycles. The Morgan fingerprint density at radius 3 is 2.20 bits per heavy atom. The van der Waals surface area contributed by atoms with Gasteiger partial charge in [-0.1, -0.05) is 31.7 Å². The number of sulfonamides is 1. The van der Waals surface area contributed by atoms with Crippen LogP contribution in [0.15, 0.2) is 71.6 Å². The number of carbonyl (C=O) groups excluding carboxylic acids is 2. The summed E-state index contributed by atoms with van der Waals surface area (Å²) in [6, 6.07) is 17.6. The van der Waals surface area contributed by atoms with Gasteiger partial charge in [0.15, 0.2) is 0 Å². The van der Waals surface area contributed by atoms with E-state index in [1.54, 1.807) is 46.1 Å². The highest BCUT2D eigenvalue weighted by Gasteiger charge is 2.26. The van der Waals surface area contributed by atoms with E-state index in [0.29, 0.717) is 5.75 Å². The van der Waals surface area contributed by atoms with Crippen LogP contribution < -0.4 is 24.8 Å². The molecule has 0 unspecified atom stereocenters. The molecular weight excluding hydrogens is 534 g/mol. The van der Waals surface area contributed by atoms with E-state index in [4.69, 9.17) is 14.2 Å². The molecule has 0 aliphatic carbocycles. The first-order chi connectivity index (χ1) is 18.4. The lowest BCUT2D eigenvalue weighted by molar-refractivity contribution is 0.0937. The zero-order chi connectivity index (χ0) is 28.6. The third kappa shape index (κ3) is 8.99. The summed E-state index contributed by atoms with van der Waals surface area (Å²) in [5.41, 5.74) is 1.13. The van der Waals surface area contributed by atoms with Crippen LogP contribution in [0.25, 0.3) is 11.1 Å². The molecule has 0 aliphatic rings. The third-order valence-electron chi connectivity index (χ3n) is 5.29. The number of carbonyl (C=O) groups is 2. The summed E-state index contributed by atoms with van der Waals surface area (Å²) in [6.45, 7) is 5.68. The third-order valence-corrected chi connectivity index (χ3v) is 6.64. The van der Waals surface area contributed by atoms with Crippen molar-refractivity contribution in [2.24, 2.45) is 0 Å². The summed E-state index contributed by atoms with van der Waals surface area (Å²) in [5.74, 6) is 0.508. The number of rotatable bonds is 10. The van der Waals surface area contributed by atoms with Gasteiger partial charge in [-0.3, -0.25) is 4.79 Å². The van der Waals surface area contributed by atoms with Crippen LogP contribution in [0, 0.1) is 0 Å². The van der Waals surface area contributed by atoms with Crippen molar-refractivity contribution in [2.75, 3.05) is 27.4 Å². The molecule has 3 N–H and O–H groups in total. The smallest absolute Gasteiger partial charge is 0.329 e. The number of ether oxygens (including phenoxy) is 3. The monoisotopic (exact) mass is 571 g/mol. The Hall–Kier alpha value is -4.09. The predicted molar refractivity (Wildman–Crippen MR) is 154 cm³/mol. The minimum Gasteiger partial charge on any atom is -0.497 e. The van der Waals surface area contributed by atoms with E-state index in [2.05, 4.69) is 10.6 Å². The van der Waals surface area contributed by atoms with Crippen molar-refractivity contribution < 1.29 is 32.2 Å². The second-order valence-electron chi connectivity index (χ2n) is 9.58. The minimum atomic E-state index is -4.44. The van der Waals surface area contributed by atoms with Crippen molar-refractivity contribution in [1.82, 2.24) is 15.4 Å². The van der Waals surface area contributed by atoms with Crippen molar-refractivity contribution >= 4 is 22.0 Å². The van der Waals surface area contributed by atoms with Gasteiger partial charge in [-0.25, -0.2) is 17.9 Å². The van der Waals surface area contributed by atoms with Crippen LogP contribution >= 0.6 is 0 Å². The normalized spacial score (nSPS) is 11.1. The minimum absolute atomic E-state index is 0. The highest BCUT2D eigenvalue weighted by molar-refractivity contribution is 7.90. The molecule has 0 radical (unpaired) electrons. The fraction of sp³-hybridized carbons (Fsp3) is 0.310. The molecule has 3 rings (SSSR count). The molecule has 0 saturated carbocycles. The maximum Gasteiger partial charge on any atom is 0.329 e. The summed E-state index contributed by atoms with van der Waals surface area (Å²) in [6.07, 6.45) is 0. The Kier molecular flexibility index (Phi) is 11.1. The van der Waals surface area contributed by atoms with E-state index in [1.807, 2.05) is 35.1 Å². The van der Waals surface area contributed by atoms with Crippen LogP contribution in [0.3, 0.4) is 0 Å². The van der Waals surface area contributed by atoms with Gasteiger partial charge in [0, 0.05) is 24.8 Å². The fourth-order valence-electron chi connectivity index (χ4n) is 3.51. The Balaban J connectivity index is 0.00000560. The first-order valence-electron chi connectivity index (χ1n) is 12.1. The Bertz CT molecular complexity index is 1420. The second kappa shape index (κ2) is 13.8. The predicted octanol–water partition coefficient (Wildman–Crippen LogP) is 4.95. The highest BCUT2D eigenvalue weighted by atomic mass is 32.2. The lowest BCUT2D eigenvalue weighted by Crippen LogP contribution is -2.48. The molecule has 0 fully saturated rings. The molecule has 0 aliphatic heterocycles. The standard InChI is InChI=1S/C28H33N3O7S.CH4/c1-28(2,3)30-27(33)31-39(34,35)25-18-21(26(32)29-15-16-36-4)11-14-24(25)38-23-8-6-7-20(17-23)19-9-12-22(37-5)13-10-19;/h6-14,17-18H,15-16H2,1-5H3,(H,29,32)(H2,30,31,33);1H4. The molecule has 0 heterocycles. The van der Waals surface area contributed by atoms with E-state index in [9.17, 15) is 18.0 Å². The van der Waals surface area contributed by atoms with Crippen LogP contribution in [0.5, 0.6) is 17.2 Å². The average molecular weight is 572 g/mol. The van der Waals surface area contributed by atoms with Gasteiger partial charge in [0.2, 0.25) is 0 Å². The summed E-state index contributed by atoms with van der Waals surface area (Å²) in [7, 11) is -1.35. The van der Waals surface area contributed by atoms with Gasteiger partial charge in [-0.2, -0.15) is 0 Å². The number of amides is 3. The molecule has 0 aromatic heterocycles. The summed E-state index contributed by atoms with van der Waals surface area (Å²) < 4.78 is 44.8. The molecule has 3 amide bonds. The molecular formula is C29H37N3O7S. The van der Waals surface area contributed by atoms with Crippen molar-refractivity contribution in [3.05, 3.63) is 72.3 Å². The molecule has 0 bridgehead atoms. The lowest BCUT2D eigenvalue weighted by atomic mass is 10.1. The first kappa shape index (κ1) is 32.1. The summed E-state index contributed by atoms with van der Waals surface area (Å²) in [4.78, 5) is 24.7. The Morgan fingerprint density at radius 2 is 1.57 bits per heavy atom. The van der Waals surface area contributed by atoms with Gasteiger partial charge >= 0.3 is 6.03 Å². The highest BCUT2D eigenvalue weighted by Crippen LogP contribution is 2.32. The Labute approximate surface area is 236 Å². The van der Waals surface area contributed by atoms with E-state index in [0.717, 1.165) is 22.9 Å².